The van der Waals surface area contributed by atoms with Gasteiger partial charge in [-0.3, -0.25) is 4.99 Å². The lowest BCUT2D eigenvalue weighted by atomic mass is 10.3. The number of aliphatic imine (C=N–C) groups is 1. The molecule has 2 heteroatoms. The second kappa shape index (κ2) is 2.12. The fraction of sp³-hybridized carbons (Fsp3) is 0.400. The van der Waals surface area contributed by atoms with E-state index in [1.54, 1.807) is 0 Å². The van der Waals surface area contributed by atoms with Gasteiger partial charge in [0.25, 0.3) is 0 Å². The molecule has 0 radical (unpaired) electrons. The normalized spacial score (nSPS) is 28.4. The highest BCUT2D eigenvalue weighted by molar-refractivity contribution is 6.22. The molecule has 1 atom stereocenters. The molecular formula is C5H6ClN. The Morgan fingerprint density at radius 3 is 2.86 bits per heavy atom. The third-order valence-electron chi connectivity index (χ3n) is 0.784. The lowest BCUT2D eigenvalue weighted by Gasteiger charge is -1.97. The van der Waals surface area contributed by atoms with Crippen molar-refractivity contribution < 1.29 is 0 Å². The van der Waals surface area contributed by atoms with Crippen LogP contribution in [0.4, 0.5) is 0 Å². The molecule has 38 valence electrons. The Balaban J connectivity index is 2.49. The lowest BCUT2D eigenvalue weighted by molar-refractivity contribution is 1.11. The Labute approximate surface area is 47.7 Å². The highest BCUT2D eigenvalue weighted by Crippen LogP contribution is 2.03. The first-order valence-corrected chi connectivity index (χ1v) is 2.65. The van der Waals surface area contributed by atoms with Crippen LogP contribution in [0, 0.1) is 0 Å². The summed E-state index contributed by atoms with van der Waals surface area (Å²) in [6.45, 7) is 0. The minimum Gasteiger partial charge on any atom is -0.274 e. The van der Waals surface area contributed by atoms with E-state index >= 15 is 0 Å². The summed E-state index contributed by atoms with van der Waals surface area (Å²) in [6, 6.07) is 0. The standard InChI is InChI=1S/C5H6ClN/c6-5-3-1-2-4-7-5/h1,3-5H,2H2/t5-/m1/s1. The first kappa shape index (κ1) is 4.85. The van der Waals surface area contributed by atoms with Gasteiger partial charge in [-0.05, 0) is 6.08 Å². The van der Waals surface area contributed by atoms with Gasteiger partial charge >= 0.3 is 0 Å². The van der Waals surface area contributed by atoms with Gasteiger partial charge in [0.05, 0.1) is 0 Å². The molecule has 1 nitrogen and oxygen atoms in total. The fourth-order valence-corrected chi connectivity index (χ4v) is 0.646. The van der Waals surface area contributed by atoms with Crippen molar-refractivity contribution in [2.45, 2.75) is 11.9 Å². The summed E-state index contributed by atoms with van der Waals surface area (Å²) in [5.41, 5.74) is -0.103. The zero-order valence-corrected chi connectivity index (χ0v) is 4.60. The number of halogens is 1. The van der Waals surface area contributed by atoms with Crippen LogP contribution in [0.15, 0.2) is 17.1 Å². The van der Waals surface area contributed by atoms with Gasteiger partial charge in [-0.15, -0.1) is 0 Å². The number of nitrogens with zero attached hydrogens (tertiary/aromatic N) is 1. The molecular weight excluding hydrogens is 110 g/mol. The van der Waals surface area contributed by atoms with E-state index in [0.717, 1.165) is 6.42 Å². The Morgan fingerprint density at radius 2 is 2.57 bits per heavy atom. The van der Waals surface area contributed by atoms with Crippen LogP contribution in [0.2, 0.25) is 0 Å². The molecule has 0 aromatic rings. The zero-order chi connectivity index (χ0) is 5.11. The Bertz CT molecular complexity index is 94.6. The number of hydrogen-bond donors (Lipinski definition) is 0. The molecule has 0 saturated heterocycles. The second-order valence-electron chi connectivity index (χ2n) is 1.37. The van der Waals surface area contributed by atoms with Gasteiger partial charge in [0.15, 0.2) is 0 Å². The summed E-state index contributed by atoms with van der Waals surface area (Å²) in [4.78, 5) is 3.88. The van der Waals surface area contributed by atoms with Crippen LogP contribution in [0.5, 0.6) is 0 Å². The molecule has 0 saturated carbocycles. The van der Waals surface area contributed by atoms with E-state index in [-0.39, 0.29) is 5.50 Å². The first-order chi connectivity index (χ1) is 3.39. The monoisotopic (exact) mass is 115 g/mol. The van der Waals surface area contributed by atoms with Gasteiger partial charge < -0.3 is 0 Å². The van der Waals surface area contributed by atoms with Crippen molar-refractivity contribution >= 4 is 17.8 Å². The number of rotatable bonds is 0. The third-order valence-corrected chi connectivity index (χ3v) is 1.04. The van der Waals surface area contributed by atoms with E-state index in [1.165, 1.54) is 0 Å². The molecule has 0 aliphatic carbocycles. The molecule has 0 spiro atoms. The molecule has 0 aromatic heterocycles. The number of allylic oxidation sites excluding steroid dienone is 1. The molecule has 1 heterocycles. The van der Waals surface area contributed by atoms with Crippen LogP contribution in [0.1, 0.15) is 6.42 Å². The summed E-state index contributed by atoms with van der Waals surface area (Å²) in [7, 11) is 0. The Hall–Kier alpha value is -0.300. The van der Waals surface area contributed by atoms with Crippen molar-refractivity contribution in [2.24, 2.45) is 4.99 Å². The van der Waals surface area contributed by atoms with Crippen LogP contribution in [-0.4, -0.2) is 11.7 Å². The van der Waals surface area contributed by atoms with Gasteiger partial charge in [-0.25, -0.2) is 0 Å². The molecule has 0 bridgehead atoms. The van der Waals surface area contributed by atoms with Crippen molar-refractivity contribution in [3.05, 3.63) is 12.2 Å². The van der Waals surface area contributed by atoms with Gasteiger partial charge in [-0.1, -0.05) is 17.7 Å². The fourth-order valence-electron chi connectivity index (χ4n) is 0.463. The Kier molecular flexibility index (Phi) is 1.47. The maximum absolute atomic E-state index is 5.53. The summed E-state index contributed by atoms with van der Waals surface area (Å²) in [5.74, 6) is 0. The number of alkyl halides is 1. The van der Waals surface area contributed by atoms with E-state index in [1.807, 2.05) is 18.4 Å². The van der Waals surface area contributed by atoms with E-state index in [4.69, 9.17) is 11.6 Å². The smallest absolute Gasteiger partial charge is 0.141 e. The summed E-state index contributed by atoms with van der Waals surface area (Å²) in [6.07, 6.45) is 6.63. The minimum atomic E-state index is -0.103. The second-order valence-corrected chi connectivity index (χ2v) is 1.82. The number of dihydropyridines is 1. The van der Waals surface area contributed by atoms with Crippen LogP contribution in [-0.2, 0) is 0 Å². The molecule has 1 aliphatic rings. The van der Waals surface area contributed by atoms with E-state index in [0.29, 0.717) is 0 Å². The maximum Gasteiger partial charge on any atom is 0.141 e. The van der Waals surface area contributed by atoms with Crippen LogP contribution in [0.25, 0.3) is 0 Å². The van der Waals surface area contributed by atoms with Gasteiger partial charge in [-0.2, -0.15) is 0 Å². The zero-order valence-electron chi connectivity index (χ0n) is 3.84. The molecule has 0 fully saturated rings. The molecule has 1 aliphatic heterocycles. The topological polar surface area (TPSA) is 12.4 Å². The summed E-state index contributed by atoms with van der Waals surface area (Å²) >= 11 is 5.53. The van der Waals surface area contributed by atoms with Crippen molar-refractivity contribution in [1.82, 2.24) is 0 Å². The van der Waals surface area contributed by atoms with Crippen molar-refractivity contribution in [2.75, 3.05) is 0 Å². The van der Waals surface area contributed by atoms with Crippen molar-refractivity contribution in [3.8, 4) is 0 Å². The first-order valence-electron chi connectivity index (χ1n) is 2.22. The number of hydrogen-bond acceptors (Lipinski definition) is 1. The van der Waals surface area contributed by atoms with Crippen LogP contribution in [0.3, 0.4) is 0 Å². The van der Waals surface area contributed by atoms with Crippen molar-refractivity contribution in [3.63, 3.8) is 0 Å². The summed E-state index contributed by atoms with van der Waals surface area (Å²) < 4.78 is 0. The average Bonchev–Trinajstić information content (AvgIpc) is 1.69. The minimum absolute atomic E-state index is 0.103. The highest BCUT2D eigenvalue weighted by Gasteiger charge is 1.93. The molecule has 7 heavy (non-hydrogen) atoms. The third kappa shape index (κ3) is 1.32. The SMILES string of the molecule is Cl[C@H]1C=CCC=N1. The quantitative estimate of drug-likeness (QED) is 0.258. The Morgan fingerprint density at radius 1 is 1.71 bits per heavy atom. The predicted octanol–water partition coefficient (Wildman–Crippen LogP) is 1.58. The average molecular weight is 116 g/mol. The molecule has 0 N–H and O–H groups in total. The van der Waals surface area contributed by atoms with Crippen LogP contribution < -0.4 is 0 Å². The molecule has 0 unspecified atom stereocenters. The molecule has 0 amide bonds. The van der Waals surface area contributed by atoms with E-state index < -0.39 is 0 Å². The predicted molar refractivity (Wildman–Crippen MR) is 31.9 cm³/mol. The van der Waals surface area contributed by atoms with Gasteiger partial charge in [0.1, 0.15) is 5.50 Å². The maximum atomic E-state index is 5.53. The lowest BCUT2D eigenvalue weighted by Crippen LogP contribution is -1.92. The largest absolute Gasteiger partial charge is 0.274 e. The highest BCUT2D eigenvalue weighted by atomic mass is 35.5. The van der Waals surface area contributed by atoms with E-state index in [9.17, 15) is 0 Å². The molecule has 0 aromatic carbocycles. The summed E-state index contributed by atoms with van der Waals surface area (Å²) in [5, 5.41) is 0. The van der Waals surface area contributed by atoms with Gasteiger partial charge in [0, 0.05) is 12.6 Å². The van der Waals surface area contributed by atoms with E-state index in [2.05, 4.69) is 4.99 Å². The van der Waals surface area contributed by atoms with Crippen LogP contribution >= 0.6 is 11.6 Å². The molecule has 1 rings (SSSR count). The van der Waals surface area contributed by atoms with Crippen molar-refractivity contribution in [1.29, 1.82) is 0 Å². The van der Waals surface area contributed by atoms with Gasteiger partial charge in [0.2, 0.25) is 0 Å².